The van der Waals surface area contributed by atoms with Gasteiger partial charge in [-0.1, -0.05) is 56.3 Å². The molecule has 2 aromatic carbocycles. The number of carbonyl (C=O) groups is 1. The lowest BCUT2D eigenvalue weighted by atomic mass is 9.94. The van der Waals surface area contributed by atoms with Crippen LogP contribution in [0.4, 0.5) is 18.0 Å². The Kier molecular flexibility index (Phi) is 6.47. The Bertz CT molecular complexity index is 888. The van der Waals surface area contributed by atoms with Crippen molar-refractivity contribution in [2.45, 2.75) is 44.7 Å². The molecule has 1 unspecified atom stereocenters. The molecule has 0 saturated carbocycles. The fourth-order valence-electron chi connectivity index (χ4n) is 3.64. The molecule has 0 spiro atoms. The topological polar surface area (TPSA) is 68.2 Å². The predicted molar refractivity (Wildman–Crippen MR) is 105 cm³/mol. The van der Waals surface area contributed by atoms with E-state index < -0.39 is 36.2 Å². The van der Waals surface area contributed by atoms with Gasteiger partial charge in [0.2, 0.25) is 0 Å². The molecule has 1 aliphatic rings. The number of rotatable bonds is 5. The number of ether oxygens (including phenoxy) is 3. The van der Waals surface area contributed by atoms with E-state index in [-0.39, 0.29) is 12.2 Å². The minimum atomic E-state index is -5.14. The normalized spacial score (nSPS) is 23.8. The summed E-state index contributed by atoms with van der Waals surface area (Å²) in [5, 5.41) is 10.6. The predicted octanol–water partition coefficient (Wildman–Crippen LogP) is 4.64. The molecular weight excluding hydrogens is 415 g/mol. The third-order valence-electron chi connectivity index (χ3n) is 5.10. The van der Waals surface area contributed by atoms with E-state index in [1.54, 1.807) is 30.3 Å². The number of aliphatic hydroxyl groups is 1. The maximum atomic E-state index is 13.9. The number of halogens is 3. The molecule has 0 aliphatic carbocycles. The van der Waals surface area contributed by atoms with Gasteiger partial charge in [0, 0.05) is 5.56 Å². The molecule has 1 amide bonds. The van der Waals surface area contributed by atoms with E-state index in [0.717, 1.165) is 4.90 Å². The summed E-state index contributed by atoms with van der Waals surface area (Å²) in [6, 6.07) is 13.0. The molecule has 168 valence electrons. The summed E-state index contributed by atoms with van der Waals surface area (Å²) >= 11 is 0. The summed E-state index contributed by atoms with van der Waals surface area (Å²) in [5.74, 6) is -3.87. The highest BCUT2D eigenvalue weighted by atomic mass is 19.4. The van der Waals surface area contributed by atoms with Crippen molar-refractivity contribution in [3.8, 4) is 5.75 Å². The average Bonchev–Trinajstić information content (AvgIpc) is 3.07. The number of hydrogen-bond acceptors (Lipinski definition) is 5. The molecule has 1 N–H and O–H groups in total. The summed E-state index contributed by atoms with van der Waals surface area (Å²) < 4.78 is 57.2. The van der Waals surface area contributed by atoms with E-state index in [1.165, 1.54) is 45.2 Å². The van der Waals surface area contributed by atoms with Crippen molar-refractivity contribution >= 4 is 6.09 Å². The third-order valence-corrected chi connectivity index (χ3v) is 5.10. The Morgan fingerprint density at radius 2 is 1.77 bits per heavy atom. The van der Waals surface area contributed by atoms with Crippen molar-refractivity contribution in [3.05, 3.63) is 65.7 Å². The SMILES string of the molecule is COc1ccc([C@@H]2OC(O)(C(F)(F)F)[C@H](C(C)C)N2C(=O)OCc2ccccc2)cc1. The van der Waals surface area contributed by atoms with Gasteiger partial charge in [-0.2, -0.15) is 13.2 Å². The van der Waals surface area contributed by atoms with Crippen molar-refractivity contribution in [2.24, 2.45) is 5.92 Å². The highest BCUT2D eigenvalue weighted by Crippen LogP contribution is 2.50. The Labute approximate surface area is 178 Å². The molecule has 3 rings (SSSR count). The second-order valence-corrected chi connectivity index (χ2v) is 7.57. The van der Waals surface area contributed by atoms with Crippen molar-refractivity contribution < 1.29 is 37.3 Å². The Morgan fingerprint density at radius 1 is 1.16 bits per heavy atom. The zero-order valence-electron chi connectivity index (χ0n) is 17.3. The number of nitrogens with zero attached hydrogens (tertiary/aromatic N) is 1. The van der Waals surface area contributed by atoms with E-state index in [1.807, 2.05) is 0 Å². The maximum Gasteiger partial charge on any atom is 0.445 e. The van der Waals surface area contributed by atoms with Gasteiger partial charge in [-0.3, -0.25) is 4.90 Å². The largest absolute Gasteiger partial charge is 0.497 e. The average molecular weight is 439 g/mol. The van der Waals surface area contributed by atoms with Gasteiger partial charge in [-0.15, -0.1) is 0 Å². The first-order valence-electron chi connectivity index (χ1n) is 9.68. The van der Waals surface area contributed by atoms with E-state index in [4.69, 9.17) is 14.2 Å². The van der Waals surface area contributed by atoms with Crippen LogP contribution in [0.15, 0.2) is 54.6 Å². The van der Waals surface area contributed by atoms with Crippen LogP contribution in [0.5, 0.6) is 5.75 Å². The molecule has 0 aromatic heterocycles. The van der Waals surface area contributed by atoms with Crippen LogP contribution < -0.4 is 4.74 Å². The number of hydrogen-bond donors (Lipinski definition) is 1. The van der Waals surface area contributed by atoms with E-state index >= 15 is 0 Å². The van der Waals surface area contributed by atoms with Gasteiger partial charge in [0.25, 0.3) is 5.79 Å². The molecule has 6 nitrogen and oxygen atoms in total. The quantitative estimate of drug-likeness (QED) is 0.735. The minimum absolute atomic E-state index is 0.138. The highest BCUT2D eigenvalue weighted by Gasteiger charge is 2.70. The van der Waals surface area contributed by atoms with Gasteiger partial charge in [-0.25, -0.2) is 4.79 Å². The summed E-state index contributed by atoms with van der Waals surface area (Å²) in [5.41, 5.74) is 0.910. The monoisotopic (exact) mass is 439 g/mol. The standard InChI is InChI=1S/C22H24F3NO5/c1-14(2)18-21(28,22(23,24)25)31-19(16-9-11-17(29-3)12-10-16)26(18)20(27)30-13-15-7-5-4-6-8-15/h4-12,14,18-19,28H,13H2,1-3H3/t18-,19-,21?/m0/s1. The molecule has 0 bridgehead atoms. The second-order valence-electron chi connectivity index (χ2n) is 7.57. The molecule has 1 heterocycles. The molecule has 1 saturated heterocycles. The van der Waals surface area contributed by atoms with E-state index in [0.29, 0.717) is 11.3 Å². The molecular formula is C22H24F3NO5. The number of amides is 1. The first-order chi connectivity index (χ1) is 14.6. The van der Waals surface area contributed by atoms with Crippen LogP contribution in [0.1, 0.15) is 31.2 Å². The Balaban J connectivity index is 1.98. The van der Waals surface area contributed by atoms with Gasteiger partial charge in [0.1, 0.15) is 18.4 Å². The third kappa shape index (κ3) is 4.47. The fraction of sp³-hybridized carbons (Fsp3) is 0.409. The van der Waals surface area contributed by atoms with Crippen molar-refractivity contribution in [2.75, 3.05) is 7.11 Å². The van der Waals surface area contributed by atoms with Crippen molar-refractivity contribution in [3.63, 3.8) is 0 Å². The number of carbonyl (C=O) groups excluding carboxylic acids is 1. The minimum Gasteiger partial charge on any atom is -0.497 e. The van der Waals surface area contributed by atoms with Gasteiger partial charge in [-0.05, 0) is 23.6 Å². The first kappa shape index (κ1) is 22.9. The number of methoxy groups -OCH3 is 1. The lowest BCUT2D eigenvalue weighted by Gasteiger charge is -2.35. The van der Waals surface area contributed by atoms with Crippen LogP contribution in [0.3, 0.4) is 0 Å². The smallest absolute Gasteiger partial charge is 0.445 e. The van der Waals surface area contributed by atoms with Crippen molar-refractivity contribution in [1.82, 2.24) is 4.90 Å². The molecule has 2 aromatic rings. The van der Waals surface area contributed by atoms with Gasteiger partial charge in [0.15, 0.2) is 6.23 Å². The van der Waals surface area contributed by atoms with Crippen LogP contribution in [0, 0.1) is 5.92 Å². The summed E-state index contributed by atoms with van der Waals surface area (Å²) in [7, 11) is 1.45. The zero-order chi connectivity index (χ0) is 22.8. The van der Waals surface area contributed by atoms with Crippen LogP contribution in [-0.2, 0) is 16.1 Å². The van der Waals surface area contributed by atoms with Gasteiger partial charge >= 0.3 is 12.3 Å². The summed E-state index contributed by atoms with van der Waals surface area (Å²) in [6.07, 6.45) is -7.67. The summed E-state index contributed by atoms with van der Waals surface area (Å²) in [4.78, 5) is 13.8. The van der Waals surface area contributed by atoms with Crippen LogP contribution in [0.25, 0.3) is 0 Å². The van der Waals surface area contributed by atoms with Crippen LogP contribution in [-0.4, -0.2) is 41.2 Å². The summed E-state index contributed by atoms with van der Waals surface area (Å²) in [6.45, 7) is 2.80. The lowest BCUT2D eigenvalue weighted by Crippen LogP contribution is -2.58. The lowest BCUT2D eigenvalue weighted by molar-refractivity contribution is -0.364. The molecule has 9 heteroatoms. The molecule has 3 atom stereocenters. The second kappa shape index (κ2) is 8.76. The number of alkyl halides is 3. The van der Waals surface area contributed by atoms with Crippen LogP contribution in [0.2, 0.25) is 0 Å². The Hall–Kier alpha value is -2.78. The van der Waals surface area contributed by atoms with Gasteiger partial charge in [0.05, 0.1) is 7.11 Å². The molecule has 31 heavy (non-hydrogen) atoms. The molecule has 0 radical (unpaired) electrons. The van der Waals surface area contributed by atoms with Crippen LogP contribution >= 0.6 is 0 Å². The van der Waals surface area contributed by atoms with E-state index in [9.17, 15) is 23.1 Å². The molecule has 1 aliphatic heterocycles. The zero-order valence-corrected chi connectivity index (χ0v) is 17.3. The Morgan fingerprint density at radius 3 is 2.29 bits per heavy atom. The van der Waals surface area contributed by atoms with Gasteiger partial charge < -0.3 is 19.3 Å². The first-order valence-corrected chi connectivity index (χ1v) is 9.68. The number of benzene rings is 2. The highest BCUT2D eigenvalue weighted by molar-refractivity contribution is 5.69. The van der Waals surface area contributed by atoms with E-state index in [2.05, 4.69) is 0 Å². The maximum absolute atomic E-state index is 13.9. The fourth-order valence-corrected chi connectivity index (χ4v) is 3.64. The molecule has 1 fully saturated rings. The van der Waals surface area contributed by atoms with Crippen molar-refractivity contribution in [1.29, 1.82) is 0 Å².